The summed E-state index contributed by atoms with van der Waals surface area (Å²) in [7, 11) is 0.0877. The van der Waals surface area contributed by atoms with Crippen LogP contribution in [-0.2, 0) is 4.79 Å². The molecule has 0 radical (unpaired) electrons. The van der Waals surface area contributed by atoms with E-state index in [1.165, 1.54) is 5.19 Å². The lowest BCUT2D eigenvalue weighted by Crippen LogP contribution is -2.38. The number of rotatable bonds is 7. The average molecular weight is 440 g/mol. The smallest absolute Gasteiger partial charge is 0.290 e. The summed E-state index contributed by atoms with van der Waals surface area (Å²) in [6, 6.07) is 14.6. The van der Waals surface area contributed by atoms with Gasteiger partial charge in [0.1, 0.15) is 11.8 Å². The molecule has 0 spiro atoms. The van der Waals surface area contributed by atoms with Crippen molar-refractivity contribution in [1.29, 1.82) is 0 Å². The number of carbonyl (C=O) groups is 2. The zero-order valence-electron chi connectivity index (χ0n) is 17.8. The van der Waals surface area contributed by atoms with E-state index >= 15 is 0 Å². The van der Waals surface area contributed by atoms with Crippen molar-refractivity contribution >= 4 is 30.8 Å². The third kappa shape index (κ3) is 5.52. The minimum Gasteiger partial charge on any atom is -0.497 e. The number of aromatic nitrogens is 1. The number of anilines is 1. The maximum absolute atomic E-state index is 13.1. The Morgan fingerprint density at radius 1 is 1.06 bits per heavy atom. The monoisotopic (exact) mass is 439 g/mol. The quantitative estimate of drug-likeness (QED) is 0.488. The standard InChI is InChI=1S/C22H25N3O5Si/c1-29-16-9-5-14(6-10-16)20(24-21(27)18-13-19(26)25-30-18)22(28)23-15-7-11-17(12-8-15)31(2,3)4/h5-13,20H,1-4H3,(H,23,28)(H,24,27)(H,25,26). The van der Waals surface area contributed by atoms with Crippen LogP contribution in [0.5, 0.6) is 11.6 Å². The van der Waals surface area contributed by atoms with E-state index in [-0.39, 0.29) is 5.76 Å². The summed E-state index contributed by atoms with van der Waals surface area (Å²) < 4.78 is 9.94. The number of hydrogen-bond acceptors (Lipinski definition) is 6. The normalized spacial score (nSPS) is 12.1. The number of aromatic hydroxyl groups is 1. The molecule has 8 nitrogen and oxygen atoms in total. The van der Waals surface area contributed by atoms with E-state index < -0.39 is 31.8 Å². The average Bonchev–Trinajstić information content (AvgIpc) is 3.18. The summed E-state index contributed by atoms with van der Waals surface area (Å²) in [6.07, 6.45) is 0. The zero-order chi connectivity index (χ0) is 22.6. The first-order valence-corrected chi connectivity index (χ1v) is 13.2. The molecule has 3 aromatic rings. The van der Waals surface area contributed by atoms with Crippen molar-refractivity contribution in [3.05, 3.63) is 65.9 Å². The van der Waals surface area contributed by atoms with Crippen LogP contribution in [-0.4, -0.2) is 37.3 Å². The first-order chi connectivity index (χ1) is 14.7. The molecular weight excluding hydrogens is 414 g/mol. The number of nitrogens with one attached hydrogen (secondary N) is 2. The summed E-state index contributed by atoms with van der Waals surface area (Å²) in [6.45, 7) is 6.74. The van der Waals surface area contributed by atoms with Crippen LogP contribution in [0.4, 0.5) is 5.69 Å². The molecular formula is C22H25N3O5Si. The van der Waals surface area contributed by atoms with Gasteiger partial charge in [0.2, 0.25) is 5.76 Å². The van der Waals surface area contributed by atoms with Gasteiger partial charge < -0.3 is 25.0 Å². The Balaban J connectivity index is 1.83. The Morgan fingerprint density at radius 3 is 2.23 bits per heavy atom. The van der Waals surface area contributed by atoms with E-state index in [1.807, 2.05) is 24.3 Å². The number of methoxy groups -OCH3 is 1. The molecule has 0 saturated heterocycles. The van der Waals surface area contributed by atoms with Crippen molar-refractivity contribution in [3.63, 3.8) is 0 Å². The van der Waals surface area contributed by atoms with Crippen molar-refractivity contribution in [1.82, 2.24) is 10.5 Å². The van der Waals surface area contributed by atoms with E-state index in [0.29, 0.717) is 17.0 Å². The van der Waals surface area contributed by atoms with Gasteiger partial charge in [0.15, 0.2) is 0 Å². The molecule has 1 atom stereocenters. The zero-order valence-corrected chi connectivity index (χ0v) is 18.8. The van der Waals surface area contributed by atoms with Crippen LogP contribution in [0, 0.1) is 0 Å². The summed E-state index contributed by atoms with van der Waals surface area (Å²) in [5, 5.41) is 19.4. The molecule has 0 saturated carbocycles. The third-order valence-corrected chi connectivity index (χ3v) is 6.79. The number of benzene rings is 2. The molecule has 0 aliphatic rings. The molecule has 1 unspecified atom stereocenters. The first-order valence-electron chi connectivity index (χ1n) is 9.69. The largest absolute Gasteiger partial charge is 0.497 e. The highest BCUT2D eigenvalue weighted by molar-refractivity contribution is 6.88. The Kier molecular flexibility index (Phi) is 6.45. The van der Waals surface area contributed by atoms with Gasteiger partial charge in [-0.2, -0.15) is 0 Å². The molecule has 0 aliphatic heterocycles. The second-order valence-electron chi connectivity index (χ2n) is 8.05. The van der Waals surface area contributed by atoms with Gasteiger partial charge in [-0.15, -0.1) is 0 Å². The SMILES string of the molecule is COc1ccc(C(NC(=O)c2cc(O)no2)C(=O)Nc2ccc([Si](C)(C)C)cc2)cc1. The molecule has 0 bridgehead atoms. The van der Waals surface area contributed by atoms with Gasteiger partial charge in [0.05, 0.1) is 21.3 Å². The van der Waals surface area contributed by atoms with Crippen molar-refractivity contribution < 1.29 is 24.0 Å². The Hall–Kier alpha value is -3.59. The second-order valence-corrected chi connectivity index (χ2v) is 13.1. The Bertz CT molecular complexity index is 1060. The lowest BCUT2D eigenvalue weighted by atomic mass is 10.1. The minimum atomic E-state index is -1.46. The molecule has 2 amide bonds. The van der Waals surface area contributed by atoms with Gasteiger partial charge in [-0.3, -0.25) is 9.59 Å². The molecule has 0 fully saturated rings. The predicted molar refractivity (Wildman–Crippen MR) is 119 cm³/mol. The van der Waals surface area contributed by atoms with Gasteiger partial charge in [-0.05, 0) is 35.0 Å². The van der Waals surface area contributed by atoms with E-state index in [0.717, 1.165) is 6.07 Å². The van der Waals surface area contributed by atoms with Gasteiger partial charge in [-0.1, -0.05) is 49.1 Å². The molecule has 1 aromatic heterocycles. The highest BCUT2D eigenvalue weighted by atomic mass is 28.3. The molecule has 0 aliphatic carbocycles. The summed E-state index contributed by atoms with van der Waals surface area (Å²) in [5.41, 5.74) is 1.17. The van der Waals surface area contributed by atoms with Crippen molar-refractivity contribution in [2.75, 3.05) is 12.4 Å². The fourth-order valence-corrected chi connectivity index (χ4v) is 4.11. The van der Waals surface area contributed by atoms with Gasteiger partial charge in [0.25, 0.3) is 17.7 Å². The van der Waals surface area contributed by atoms with Gasteiger partial charge in [0, 0.05) is 5.69 Å². The van der Waals surface area contributed by atoms with E-state index in [9.17, 15) is 14.7 Å². The van der Waals surface area contributed by atoms with Crippen LogP contribution in [0.25, 0.3) is 0 Å². The number of carbonyl (C=O) groups excluding carboxylic acids is 2. The highest BCUT2D eigenvalue weighted by Crippen LogP contribution is 2.21. The number of amides is 2. The van der Waals surface area contributed by atoms with Gasteiger partial charge >= 0.3 is 0 Å². The summed E-state index contributed by atoms with van der Waals surface area (Å²) in [4.78, 5) is 25.6. The number of hydrogen-bond donors (Lipinski definition) is 3. The Labute approximate surface area is 181 Å². The third-order valence-electron chi connectivity index (χ3n) is 4.73. The van der Waals surface area contributed by atoms with Crippen LogP contribution < -0.4 is 20.6 Å². The van der Waals surface area contributed by atoms with Crippen LogP contribution in [0.1, 0.15) is 22.2 Å². The molecule has 31 heavy (non-hydrogen) atoms. The highest BCUT2D eigenvalue weighted by Gasteiger charge is 2.26. The molecule has 162 valence electrons. The molecule has 1 heterocycles. The molecule has 2 aromatic carbocycles. The number of ether oxygens (including phenoxy) is 1. The maximum Gasteiger partial charge on any atom is 0.290 e. The van der Waals surface area contributed by atoms with E-state index in [1.54, 1.807) is 31.4 Å². The first kappa shape index (κ1) is 22.1. The minimum absolute atomic E-state index is 0.205. The van der Waals surface area contributed by atoms with E-state index in [2.05, 4.69) is 35.4 Å². The summed E-state index contributed by atoms with van der Waals surface area (Å²) in [5.74, 6) is -1.11. The topological polar surface area (TPSA) is 114 Å². The van der Waals surface area contributed by atoms with E-state index in [4.69, 9.17) is 9.26 Å². The maximum atomic E-state index is 13.1. The molecule has 3 N–H and O–H groups in total. The predicted octanol–water partition coefficient (Wildman–Crippen LogP) is 3.04. The van der Waals surface area contributed by atoms with Crippen LogP contribution in [0.15, 0.2) is 59.1 Å². The molecule has 3 rings (SSSR count). The summed E-state index contributed by atoms with van der Waals surface area (Å²) >= 11 is 0. The fourth-order valence-electron chi connectivity index (χ4n) is 2.94. The lowest BCUT2D eigenvalue weighted by molar-refractivity contribution is -0.118. The second kappa shape index (κ2) is 9.05. The van der Waals surface area contributed by atoms with Crippen LogP contribution in [0.3, 0.4) is 0 Å². The molecule has 9 heteroatoms. The lowest BCUT2D eigenvalue weighted by Gasteiger charge is -2.20. The van der Waals surface area contributed by atoms with Crippen molar-refractivity contribution in [3.8, 4) is 11.6 Å². The van der Waals surface area contributed by atoms with Crippen LogP contribution >= 0.6 is 0 Å². The van der Waals surface area contributed by atoms with Crippen molar-refractivity contribution in [2.24, 2.45) is 0 Å². The van der Waals surface area contributed by atoms with Crippen LogP contribution in [0.2, 0.25) is 19.6 Å². The Morgan fingerprint density at radius 2 is 1.71 bits per heavy atom. The van der Waals surface area contributed by atoms with Crippen molar-refractivity contribution in [2.45, 2.75) is 25.7 Å². The number of nitrogens with zero attached hydrogens (tertiary/aromatic N) is 1. The van der Waals surface area contributed by atoms with Gasteiger partial charge in [-0.25, -0.2) is 0 Å². The fraction of sp³-hybridized carbons (Fsp3) is 0.227.